The van der Waals surface area contributed by atoms with Crippen LogP contribution in [0.4, 0.5) is 0 Å². The van der Waals surface area contributed by atoms with E-state index in [1.807, 2.05) is 37.3 Å². The molecule has 0 fully saturated rings. The van der Waals surface area contributed by atoms with Gasteiger partial charge in [0, 0.05) is 29.2 Å². The first-order valence-corrected chi connectivity index (χ1v) is 6.61. The molecular formula is C16H22N2O. The van der Waals surface area contributed by atoms with Crippen LogP contribution in [0.2, 0.25) is 0 Å². The number of rotatable bonds is 3. The van der Waals surface area contributed by atoms with Gasteiger partial charge < -0.3 is 10.4 Å². The number of hydrogen-bond acceptors (Lipinski definition) is 3. The molecule has 2 rings (SSSR count). The molecular weight excluding hydrogens is 236 g/mol. The number of para-hydroxylation sites is 1. The Kier molecular flexibility index (Phi) is 3.61. The zero-order valence-electron chi connectivity index (χ0n) is 12.1. The third-order valence-electron chi connectivity index (χ3n) is 3.18. The van der Waals surface area contributed by atoms with E-state index in [0.29, 0.717) is 6.54 Å². The number of nitrogens with zero attached hydrogens (tertiary/aromatic N) is 1. The second-order valence-corrected chi connectivity index (χ2v) is 6.26. The number of hydrogen-bond donors (Lipinski definition) is 2. The maximum Gasteiger partial charge on any atom is 0.101 e. The fraction of sp³-hybridized carbons (Fsp3) is 0.438. The van der Waals surface area contributed by atoms with E-state index in [9.17, 15) is 5.11 Å². The first kappa shape index (κ1) is 14.0. The van der Waals surface area contributed by atoms with Gasteiger partial charge in [0.1, 0.15) is 5.60 Å². The summed E-state index contributed by atoms with van der Waals surface area (Å²) >= 11 is 0. The van der Waals surface area contributed by atoms with Gasteiger partial charge in [0.2, 0.25) is 0 Å². The molecule has 1 heterocycles. The zero-order chi connectivity index (χ0) is 14.1. The maximum absolute atomic E-state index is 10.7. The highest BCUT2D eigenvalue weighted by atomic mass is 16.3. The lowest BCUT2D eigenvalue weighted by atomic mass is 9.92. The molecule has 3 nitrogen and oxygen atoms in total. The Balaban J connectivity index is 2.37. The summed E-state index contributed by atoms with van der Waals surface area (Å²) in [4.78, 5) is 4.40. The molecule has 0 aliphatic rings. The topological polar surface area (TPSA) is 45.1 Å². The van der Waals surface area contributed by atoms with Crippen LogP contribution in [0.5, 0.6) is 0 Å². The molecule has 1 atom stereocenters. The number of β-amino-alcohol motifs (C(OH)–C–C–N with tert-alkyl or cyclic N) is 1. The van der Waals surface area contributed by atoms with Gasteiger partial charge in [-0.1, -0.05) is 24.3 Å². The summed E-state index contributed by atoms with van der Waals surface area (Å²) in [7, 11) is 0. The van der Waals surface area contributed by atoms with Crippen LogP contribution in [0.15, 0.2) is 36.5 Å². The minimum absolute atomic E-state index is 0.0258. The Hall–Kier alpha value is -1.45. The normalized spacial score (nSPS) is 15.4. The molecule has 3 heteroatoms. The Morgan fingerprint density at radius 1 is 1.11 bits per heavy atom. The van der Waals surface area contributed by atoms with Gasteiger partial charge in [-0.15, -0.1) is 0 Å². The van der Waals surface area contributed by atoms with E-state index in [0.717, 1.165) is 16.5 Å². The van der Waals surface area contributed by atoms with Crippen molar-refractivity contribution in [3.63, 3.8) is 0 Å². The van der Waals surface area contributed by atoms with Gasteiger partial charge in [-0.3, -0.25) is 4.98 Å². The van der Waals surface area contributed by atoms with Crippen LogP contribution in [-0.2, 0) is 5.60 Å². The highest BCUT2D eigenvalue weighted by Gasteiger charge is 2.27. The molecule has 0 radical (unpaired) electrons. The Morgan fingerprint density at radius 3 is 2.47 bits per heavy atom. The van der Waals surface area contributed by atoms with Crippen LogP contribution >= 0.6 is 0 Å². The van der Waals surface area contributed by atoms with Gasteiger partial charge in [-0.2, -0.15) is 0 Å². The molecule has 1 aromatic carbocycles. The number of fused-ring (bicyclic) bond motifs is 1. The van der Waals surface area contributed by atoms with Crippen LogP contribution in [0.1, 0.15) is 33.3 Å². The van der Waals surface area contributed by atoms with Crippen LogP contribution in [-0.4, -0.2) is 22.2 Å². The average molecular weight is 258 g/mol. The summed E-state index contributed by atoms with van der Waals surface area (Å²) in [5.74, 6) is 0. The minimum Gasteiger partial charge on any atom is -0.384 e. The first-order chi connectivity index (χ1) is 8.80. The lowest BCUT2D eigenvalue weighted by molar-refractivity contribution is 0.0515. The number of nitrogens with one attached hydrogen (secondary N) is 1. The standard InChI is InChI=1S/C16H22N2O/c1-15(2,3)18-11-16(4,19)13-9-5-7-12-8-6-10-17-14(12)13/h5-10,18-19H,11H2,1-4H3. The van der Waals surface area contributed by atoms with Crippen LogP contribution in [0, 0.1) is 0 Å². The number of benzene rings is 1. The lowest BCUT2D eigenvalue weighted by Crippen LogP contribution is -2.44. The number of pyridine rings is 1. The van der Waals surface area contributed by atoms with Crippen molar-refractivity contribution in [2.45, 2.75) is 38.8 Å². The van der Waals surface area contributed by atoms with E-state index in [4.69, 9.17) is 0 Å². The predicted molar refractivity (Wildman–Crippen MR) is 79.1 cm³/mol. The van der Waals surface area contributed by atoms with E-state index in [1.165, 1.54) is 0 Å². The summed E-state index contributed by atoms with van der Waals surface area (Å²) in [5, 5.41) is 15.1. The van der Waals surface area contributed by atoms with Gasteiger partial charge in [-0.05, 0) is 33.8 Å². The van der Waals surface area contributed by atoms with Gasteiger partial charge in [0.25, 0.3) is 0 Å². The average Bonchev–Trinajstić information content (AvgIpc) is 2.35. The van der Waals surface area contributed by atoms with Crippen molar-refractivity contribution in [2.75, 3.05) is 6.54 Å². The van der Waals surface area contributed by atoms with Gasteiger partial charge in [0.05, 0.1) is 5.52 Å². The Labute approximate surface area is 114 Å². The Morgan fingerprint density at radius 2 is 1.79 bits per heavy atom. The van der Waals surface area contributed by atoms with Crippen molar-refractivity contribution in [1.82, 2.24) is 10.3 Å². The summed E-state index contributed by atoms with van der Waals surface area (Å²) in [5.41, 5.74) is 0.761. The van der Waals surface area contributed by atoms with Crippen LogP contribution < -0.4 is 5.32 Å². The molecule has 0 aliphatic carbocycles. The molecule has 19 heavy (non-hydrogen) atoms. The first-order valence-electron chi connectivity index (χ1n) is 6.61. The highest BCUT2D eigenvalue weighted by Crippen LogP contribution is 2.27. The summed E-state index contributed by atoms with van der Waals surface area (Å²) in [6.07, 6.45) is 1.76. The second kappa shape index (κ2) is 4.91. The number of aromatic nitrogens is 1. The van der Waals surface area contributed by atoms with E-state index in [2.05, 4.69) is 31.1 Å². The molecule has 102 valence electrons. The van der Waals surface area contributed by atoms with Crippen molar-refractivity contribution in [2.24, 2.45) is 0 Å². The molecule has 2 aromatic rings. The van der Waals surface area contributed by atoms with Crippen molar-refractivity contribution in [3.8, 4) is 0 Å². The Bertz CT molecular complexity index is 565. The molecule has 1 unspecified atom stereocenters. The van der Waals surface area contributed by atoms with E-state index in [-0.39, 0.29) is 5.54 Å². The van der Waals surface area contributed by atoms with E-state index >= 15 is 0 Å². The van der Waals surface area contributed by atoms with Crippen LogP contribution in [0.25, 0.3) is 10.9 Å². The molecule has 0 bridgehead atoms. The summed E-state index contributed by atoms with van der Waals surface area (Å²) in [6.45, 7) is 8.58. The monoisotopic (exact) mass is 258 g/mol. The summed E-state index contributed by atoms with van der Waals surface area (Å²) in [6, 6.07) is 9.84. The largest absolute Gasteiger partial charge is 0.384 e. The van der Waals surface area contributed by atoms with Gasteiger partial charge in [0.15, 0.2) is 0 Å². The third-order valence-corrected chi connectivity index (χ3v) is 3.18. The predicted octanol–water partition coefficient (Wildman–Crippen LogP) is 2.83. The second-order valence-electron chi connectivity index (χ2n) is 6.26. The molecule has 0 amide bonds. The maximum atomic E-state index is 10.7. The van der Waals surface area contributed by atoms with Crippen molar-refractivity contribution < 1.29 is 5.11 Å². The van der Waals surface area contributed by atoms with Crippen molar-refractivity contribution >= 4 is 10.9 Å². The fourth-order valence-electron chi connectivity index (χ4n) is 2.07. The SMILES string of the molecule is CC(C)(C)NCC(C)(O)c1cccc2cccnc12. The summed E-state index contributed by atoms with van der Waals surface area (Å²) < 4.78 is 0. The fourth-order valence-corrected chi connectivity index (χ4v) is 2.07. The van der Waals surface area contributed by atoms with Gasteiger partial charge in [-0.25, -0.2) is 0 Å². The van der Waals surface area contributed by atoms with E-state index in [1.54, 1.807) is 6.20 Å². The van der Waals surface area contributed by atoms with E-state index < -0.39 is 5.60 Å². The molecule has 0 spiro atoms. The molecule has 0 saturated heterocycles. The van der Waals surface area contributed by atoms with Crippen LogP contribution in [0.3, 0.4) is 0 Å². The van der Waals surface area contributed by atoms with Gasteiger partial charge >= 0.3 is 0 Å². The molecule has 0 saturated carbocycles. The highest BCUT2D eigenvalue weighted by molar-refractivity contribution is 5.82. The van der Waals surface area contributed by atoms with Crippen molar-refractivity contribution in [3.05, 3.63) is 42.1 Å². The minimum atomic E-state index is -0.943. The zero-order valence-corrected chi connectivity index (χ0v) is 12.1. The quantitative estimate of drug-likeness (QED) is 0.890. The molecule has 1 aromatic heterocycles. The lowest BCUT2D eigenvalue weighted by Gasteiger charge is -2.30. The molecule has 2 N–H and O–H groups in total. The molecule has 0 aliphatic heterocycles. The third kappa shape index (κ3) is 3.31. The smallest absolute Gasteiger partial charge is 0.101 e. The van der Waals surface area contributed by atoms with Crippen molar-refractivity contribution in [1.29, 1.82) is 0 Å². The number of aliphatic hydroxyl groups is 1.